The van der Waals surface area contributed by atoms with E-state index >= 15 is 0 Å². The second-order valence-electron chi connectivity index (χ2n) is 3.41. The third-order valence-corrected chi connectivity index (χ3v) is 2.20. The molecule has 0 aliphatic carbocycles. The number of azo groups is 1. The highest BCUT2D eigenvalue weighted by Crippen LogP contribution is 2.25. The van der Waals surface area contributed by atoms with E-state index in [4.69, 9.17) is 4.74 Å². The lowest BCUT2D eigenvalue weighted by atomic mass is 10.1. The van der Waals surface area contributed by atoms with E-state index in [1.54, 1.807) is 13.0 Å². The molecule has 1 aliphatic rings. The van der Waals surface area contributed by atoms with Crippen molar-refractivity contribution in [1.29, 1.82) is 0 Å². The van der Waals surface area contributed by atoms with Crippen molar-refractivity contribution in [3.63, 3.8) is 0 Å². The Morgan fingerprint density at radius 3 is 2.94 bits per heavy atom. The van der Waals surface area contributed by atoms with Crippen molar-refractivity contribution in [2.24, 2.45) is 10.2 Å². The van der Waals surface area contributed by atoms with E-state index in [2.05, 4.69) is 10.2 Å². The number of fused-ring (bicyclic) bond motifs is 1. The van der Waals surface area contributed by atoms with Crippen LogP contribution in [0.3, 0.4) is 0 Å². The van der Waals surface area contributed by atoms with Gasteiger partial charge < -0.3 is 4.74 Å². The molecule has 0 aromatic heterocycles. The Morgan fingerprint density at radius 1 is 1.29 bits per heavy atom. The fraction of sp³-hybridized carbons (Fsp3) is 0.154. The Bertz CT molecular complexity index is 481. The molecule has 86 valence electrons. The molecule has 4 heteroatoms. The highest BCUT2D eigenvalue weighted by atomic mass is 16.5. The van der Waals surface area contributed by atoms with Gasteiger partial charge in [0, 0.05) is 5.56 Å². The summed E-state index contributed by atoms with van der Waals surface area (Å²) in [6.07, 6.45) is 4.95. The highest BCUT2D eigenvalue weighted by molar-refractivity contribution is 5.84. The van der Waals surface area contributed by atoms with Gasteiger partial charge in [0.1, 0.15) is 0 Å². The summed E-state index contributed by atoms with van der Waals surface area (Å²) in [7, 11) is 0. The van der Waals surface area contributed by atoms with Crippen LogP contribution in [0, 0.1) is 0 Å². The number of ether oxygens (including phenoxy) is 1. The highest BCUT2D eigenvalue weighted by Gasteiger charge is 2.04. The molecule has 1 aliphatic heterocycles. The molecule has 1 heterocycles. The number of nitrogens with zero attached hydrogens (tertiary/aromatic N) is 2. The van der Waals surface area contributed by atoms with Crippen LogP contribution in [0.4, 0.5) is 5.69 Å². The maximum absolute atomic E-state index is 11.3. The predicted molar refractivity (Wildman–Crippen MR) is 64.7 cm³/mol. The lowest BCUT2D eigenvalue weighted by Gasteiger charge is -1.95. The van der Waals surface area contributed by atoms with E-state index in [-0.39, 0.29) is 0 Å². The molecule has 2 rings (SSSR count). The van der Waals surface area contributed by atoms with Gasteiger partial charge in [0.05, 0.1) is 24.1 Å². The molecule has 0 fully saturated rings. The Hall–Kier alpha value is -2.23. The number of allylic oxidation sites excluding steroid dienone is 1. The number of benzene rings is 1. The normalized spacial score (nSPS) is 15.5. The molecule has 0 saturated carbocycles. The minimum Gasteiger partial charge on any atom is -0.463 e. The van der Waals surface area contributed by atoms with Crippen molar-refractivity contribution >= 4 is 17.7 Å². The van der Waals surface area contributed by atoms with E-state index in [1.807, 2.05) is 30.3 Å². The van der Waals surface area contributed by atoms with Gasteiger partial charge >= 0.3 is 5.97 Å². The lowest BCUT2D eigenvalue weighted by molar-refractivity contribution is -0.137. The molecule has 17 heavy (non-hydrogen) atoms. The van der Waals surface area contributed by atoms with E-state index in [0.29, 0.717) is 12.3 Å². The predicted octanol–water partition coefficient (Wildman–Crippen LogP) is 3.24. The van der Waals surface area contributed by atoms with Crippen molar-refractivity contribution in [2.45, 2.75) is 6.92 Å². The fourth-order valence-corrected chi connectivity index (χ4v) is 1.42. The summed E-state index contributed by atoms with van der Waals surface area (Å²) in [6, 6.07) is 7.64. The zero-order chi connectivity index (χ0) is 12.1. The average molecular weight is 228 g/mol. The van der Waals surface area contributed by atoms with Gasteiger partial charge in [-0.1, -0.05) is 24.3 Å². The van der Waals surface area contributed by atoms with Crippen molar-refractivity contribution in [3.8, 4) is 0 Å². The van der Waals surface area contributed by atoms with E-state index < -0.39 is 5.97 Å². The second-order valence-corrected chi connectivity index (χ2v) is 3.41. The minimum absolute atomic E-state index is 0.351. The SMILES string of the molecule is CCOC(=O)C=C1C=Cc2ccccc2N=N1. The molecule has 0 unspecified atom stereocenters. The number of rotatable bonds is 2. The molecular weight excluding hydrogens is 216 g/mol. The number of carbonyl (C=O) groups excluding carboxylic acids is 1. The van der Waals surface area contributed by atoms with Crippen molar-refractivity contribution < 1.29 is 9.53 Å². The van der Waals surface area contributed by atoms with Crippen LogP contribution in [0.1, 0.15) is 12.5 Å². The van der Waals surface area contributed by atoms with Gasteiger partial charge in [-0.2, -0.15) is 5.11 Å². The largest absolute Gasteiger partial charge is 0.463 e. The number of esters is 1. The summed E-state index contributed by atoms with van der Waals surface area (Å²) in [5.41, 5.74) is 2.25. The number of hydrogen-bond acceptors (Lipinski definition) is 4. The molecule has 4 nitrogen and oxygen atoms in total. The van der Waals surface area contributed by atoms with Crippen LogP contribution in [-0.4, -0.2) is 12.6 Å². The van der Waals surface area contributed by atoms with Gasteiger partial charge in [-0.15, -0.1) is 5.11 Å². The smallest absolute Gasteiger partial charge is 0.332 e. The first-order valence-electron chi connectivity index (χ1n) is 5.37. The second kappa shape index (κ2) is 5.21. The van der Waals surface area contributed by atoms with Gasteiger partial charge in [0.25, 0.3) is 0 Å². The summed E-state index contributed by atoms with van der Waals surface area (Å²) in [6.45, 7) is 2.11. The molecule has 0 atom stereocenters. The zero-order valence-corrected chi connectivity index (χ0v) is 9.46. The molecule has 0 amide bonds. The maximum Gasteiger partial charge on any atom is 0.332 e. The Balaban J connectivity index is 2.25. The first kappa shape index (κ1) is 11.3. The van der Waals surface area contributed by atoms with Crippen molar-refractivity contribution in [1.82, 2.24) is 0 Å². The van der Waals surface area contributed by atoms with Gasteiger partial charge in [0.2, 0.25) is 0 Å². The molecule has 0 radical (unpaired) electrons. The first-order valence-corrected chi connectivity index (χ1v) is 5.37. The Morgan fingerprint density at radius 2 is 2.12 bits per heavy atom. The molecule has 0 spiro atoms. The average Bonchev–Trinajstić information content (AvgIpc) is 2.53. The summed E-state index contributed by atoms with van der Waals surface area (Å²) < 4.78 is 4.81. The number of hydrogen-bond donors (Lipinski definition) is 0. The van der Waals surface area contributed by atoms with Gasteiger partial charge in [-0.05, 0) is 19.1 Å². The van der Waals surface area contributed by atoms with Crippen LogP contribution in [0.5, 0.6) is 0 Å². The van der Waals surface area contributed by atoms with E-state index in [0.717, 1.165) is 11.3 Å². The zero-order valence-electron chi connectivity index (χ0n) is 9.46. The summed E-state index contributed by atoms with van der Waals surface area (Å²) >= 11 is 0. The van der Waals surface area contributed by atoms with Crippen LogP contribution in [-0.2, 0) is 9.53 Å². The maximum atomic E-state index is 11.3. The van der Waals surface area contributed by atoms with Crippen LogP contribution >= 0.6 is 0 Å². The van der Waals surface area contributed by atoms with Crippen LogP contribution in [0.2, 0.25) is 0 Å². The quantitative estimate of drug-likeness (QED) is 0.576. The summed E-state index contributed by atoms with van der Waals surface area (Å²) in [4.78, 5) is 11.3. The van der Waals surface area contributed by atoms with E-state index in [1.165, 1.54) is 6.08 Å². The summed E-state index contributed by atoms with van der Waals surface area (Å²) in [5, 5.41) is 8.05. The Kier molecular flexibility index (Phi) is 3.45. The number of carbonyl (C=O) groups is 1. The standard InChI is InChI=1S/C13H12N2O2/c1-2-17-13(16)9-11-8-7-10-5-3-4-6-12(10)15-14-11/h3-9H,2H2,1H3. The Labute approximate surface area is 99.3 Å². The molecule has 1 aromatic carbocycles. The lowest BCUT2D eigenvalue weighted by Crippen LogP contribution is -1.99. The van der Waals surface area contributed by atoms with Crippen molar-refractivity contribution in [2.75, 3.05) is 6.61 Å². The molecular formula is C13H12N2O2. The molecule has 0 bridgehead atoms. The third-order valence-electron chi connectivity index (χ3n) is 2.20. The van der Waals surface area contributed by atoms with E-state index in [9.17, 15) is 4.79 Å². The van der Waals surface area contributed by atoms with Gasteiger partial charge in [-0.25, -0.2) is 4.79 Å². The first-order chi connectivity index (χ1) is 8.29. The fourth-order valence-electron chi connectivity index (χ4n) is 1.42. The molecule has 0 saturated heterocycles. The van der Waals surface area contributed by atoms with Crippen molar-refractivity contribution in [3.05, 3.63) is 47.7 Å². The van der Waals surface area contributed by atoms with Gasteiger partial charge in [-0.3, -0.25) is 0 Å². The van der Waals surface area contributed by atoms with Crippen LogP contribution < -0.4 is 0 Å². The summed E-state index contributed by atoms with van der Waals surface area (Å²) in [5.74, 6) is -0.406. The van der Waals surface area contributed by atoms with Crippen LogP contribution in [0.25, 0.3) is 6.08 Å². The molecule has 1 aromatic rings. The van der Waals surface area contributed by atoms with Crippen LogP contribution in [0.15, 0.2) is 52.3 Å². The third kappa shape index (κ3) is 2.87. The molecule has 0 N–H and O–H groups in total. The minimum atomic E-state index is -0.406. The topological polar surface area (TPSA) is 51.0 Å². The monoisotopic (exact) mass is 228 g/mol. The van der Waals surface area contributed by atoms with Gasteiger partial charge in [0.15, 0.2) is 0 Å².